The molecule has 3 amide bonds. The molecule has 1 aromatic heterocycles. The van der Waals surface area contributed by atoms with E-state index in [9.17, 15) is 18.4 Å². The van der Waals surface area contributed by atoms with E-state index in [1.807, 2.05) is 14.0 Å². The predicted octanol–water partition coefficient (Wildman–Crippen LogP) is 2.48. The zero-order valence-electron chi connectivity index (χ0n) is 16.7. The number of H-pyrrole nitrogens is 1. The van der Waals surface area contributed by atoms with Gasteiger partial charge in [0.2, 0.25) is 0 Å². The minimum absolute atomic E-state index is 0.0572. The summed E-state index contributed by atoms with van der Waals surface area (Å²) in [7, 11) is 2.02. The van der Waals surface area contributed by atoms with Gasteiger partial charge in [-0.3, -0.25) is 14.8 Å². The molecule has 2 aliphatic rings. The molecular weight excluding hydrogens is 394 g/mol. The number of piperazine rings is 1. The summed E-state index contributed by atoms with van der Waals surface area (Å²) in [6, 6.07) is 2.61. The number of hydrogen-bond donors (Lipinski definition) is 2. The van der Waals surface area contributed by atoms with E-state index >= 15 is 0 Å². The van der Waals surface area contributed by atoms with Crippen molar-refractivity contribution in [1.82, 2.24) is 24.9 Å². The van der Waals surface area contributed by atoms with E-state index in [1.165, 1.54) is 0 Å². The third-order valence-corrected chi connectivity index (χ3v) is 5.51. The summed E-state index contributed by atoms with van der Waals surface area (Å²) < 4.78 is 27.0. The van der Waals surface area contributed by atoms with E-state index in [-0.39, 0.29) is 30.0 Å². The lowest BCUT2D eigenvalue weighted by molar-refractivity contribution is 0.102. The number of nitrogens with one attached hydrogen (secondary N) is 2. The number of urea groups is 1. The molecule has 3 heterocycles. The molecule has 0 spiro atoms. The van der Waals surface area contributed by atoms with Crippen LogP contribution in [0.15, 0.2) is 24.8 Å². The summed E-state index contributed by atoms with van der Waals surface area (Å²) in [5, 5.41) is 9.37. The fraction of sp³-hybridized carbons (Fsp3) is 0.350. The van der Waals surface area contributed by atoms with Gasteiger partial charge < -0.3 is 15.1 Å². The molecule has 2 N–H and O–H groups in total. The van der Waals surface area contributed by atoms with E-state index < -0.39 is 17.5 Å². The molecule has 0 aliphatic carbocycles. The summed E-state index contributed by atoms with van der Waals surface area (Å²) in [6.45, 7) is 8.35. The van der Waals surface area contributed by atoms with Crippen LogP contribution in [-0.4, -0.2) is 69.6 Å². The first kappa shape index (κ1) is 20.0. The number of aromatic amines is 1. The molecule has 158 valence electrons. The van der Waals surface area contributed by atoms with Crippen molar-refractivity contribution in [3.05, 3.63) is 53.2 Å². The second-order valence-electron chi connectivity index (χ2n) is 7.62. The van der Waals surface area contributed by atoms with Crippen molar-refractivity contribution >= 4 is 23.5 Å². The van der Waals surface area contributed by atoms with Crippen molar-refractivity contribution in [1.29, 1.82) is 0 Å². The number of nitrogens with zero attached hydrogens (tertiary/aromatic N) is 4. The Morgan fingerprint density at radius 2 is 2.07 bits per heavy atom. The van der Waals surface area contributed by atoms with Crippen LogP contribution >= 0.6 is 0 Å². The van der Waals surface area contributed by atoms with Gasteiger partial charge in [-0.25, -0.2) is 13.6 Å². The molecule has 10 heteroatoms. The molecule has 1 atom stereocenters. The van der Waals surface area contributed by atoms with Crippen molar-refractivity contribution in [3.8, 4) is 0 Å². The second-order valence-corrected chi connectivity index (χ2v) is 7.62. The smallest absolute Gasteiger partial charge is 0.319 e. The molecule has 30 heavy (non-hydrogen) atoms. The number of hydrogen-bond acceptors (Lipinski definition) is 4. The number of fused-ring (bicyclic) bond motifs is 1. The van der Waals surface area contributed by atoms with Crippen molar-refractivity contribution in [2.24, 2.45) is 0 Å². The average molecular weight is 416 g/mol. The third kappa shape index (κ3) is 3.43. The maximum Gasteiger partial charge on any atom is 0.325 e. The number of carbonyl (C=O) groups is 2. The van der Waals surface area contributed by atoms with Crippen LogP contribution in [0.5, 0.6) is 0 Å². The lowest BCUT2D eigenvalue weighted by Crippen LogP contribution is -2.55. The summed E-state index contributed by atoms with van der Waals surface area (Å²) >= 11 is 0. The molecule has 1 saturated heterocycles. The maximum absolute atomic E-state index is 13.9. The zero-order chi connectivity index (χ0) is 21.6. The lowest BCUT2D eigenvalue weighted by Gasteiger charge is -2.40. The van der Waals surface area contributed by atoms with E-state index in [1.54, 1.807) is 9.80 Å². The van der Waals surface area contributed by atoms with E-state index in [4.69, 9.17) is 0 Å². The van der Waals surface area contributed by atoms with Gasteiger partial charge in [-0.2, -0.15) is 5.10 Å². The van der Waals surface area contributed by atoms with Crippen molar-refractivity contribution < 1.29 is 18.4 Å². The normalized spacial score (nSPS) is 19.2. The SMILES string of the molecule is C=C1c2[nH]nc(NC(=O)c3ccc(F)cc3F)c2CN1C(=O)N1CCN(C)C[C@@H]1C. The number of benzene rings is 1. The number of likely N-dealkylation sites (N-methyl/N-ethyl adjacent to an activating group) is 1. The van der Waals surface area contributed by atoms with Gasteiger partial charge in [-0.15, -0.1) is 0 Å². The van der Waals surface area contributed by atoms with Gasteiger partial charge in [0.1, 0.15) is 11.6 Å². The highest BCUT2D eigenvalue weighted by molar-refractivity contribution is 6.05. The molecule has 1 aromatic carbocycles. The molecule has 0 unspecified atom stereocenters. The first-order valence-electron chi connectivity index (χ1n) is 9.56. The van der Waals surface area contributed by atoms with Crippen molar-refractivity contribution in [2.75, 3.05) is 32.0 Å². The first-order valence-corrected chi connectivity index (χ1v) is 9.56. The zero-order valence-corrected chi connectivity index (χ0v) is 16.7. The number of carbonyl (C=O) groups excluding carboxylic acids is 2. The Bertz CT molecular complexity index is 1040. The maximum atomic E-state index is 13.9. The van der Waals surface area contributed by atoms with E-state index in [2.05, 4.69) is 27.0 Å². The highest BCUT2D eigenvalue weighted by Crippen LogP contribution is 2.35. The second kappa shape index (κ2) is 7.52. The van der Waals surface area contributed by atoms with Crippen molar-refractivity contribution in [3.63, 3.8) is 0 Å². The molecule has 4 rings (SSSR count). The van der Waals surface area contributed by atoms with Crippen LogP contribution in [0.25, 0.3) is 5.70 Å². The van der Waals surface area contributed by atoms with Crippen LogP contribution in [-0.2, 0) is 6.54 Å². The average Bonchev–Trinajstić information content (AvgIpc) is 3.22. The van der Waals surface area contributed by atoms with Gasteiger partial charge in [0.05, 0.1) is 23.5 Å². The number of aromatic nitrogens is 2. The van der Waals surface area contributed by atoms with Crippen LogP contribution in [0.3, 0.4) is 0 Å². The standard InChI is InChI=1S/C20H22F2N6O2/c1-11-9-26(3)6-7-27(11)20(30)28-10-15-17(12(28)2)24-25-18(15)23-19(29)14-5-4-13(21)8-16(14)22/h4-5,8,11H,2,6-7,9-10H2,1,3H3,(H2,23,24,25,29)/t11-/m0/s1. The molecular formula is C20H22F2N6O2. The molecule has 0 radical (unpaired) electrons. The molecule has 0 bridgehead atoms. The molecule has 2 aromatic rings. The van der Waals surface area contributed by atoms with Crippen molar-refractivity contribution in [2.45, 2.75) is 19.5 Å². The Labute approximate surface area is 172 Å². The highest BCUT2D eigenvalue weighted by atomic mass is 19.1. The topological polar surface area (TPSA) is 84.6 Å². The summed E-state index contributed by atoms with van der Waals surface area (Å²) in [4.78, 5) is 31.0. The number of rotatable bonds is 2. The number of anilines is 1. The van der Waals surface area contributed by atoms with Gasteiger partial charge in [-0.05, 0) is 26.1 Å². The largest absolute Gasteiger partial charge is 0.325 e. The van der Waals surface area contributed by atoms with Gasteiger partial charge in [0.15, 0.2) is 5.82 Å². The summed E-state index contributed by atoms with van der Waals surface area (Å²) in [6.07, 6.45) is 0. The van der Waals surface area contributed by atoms with E-state index in [0.29, 0.717) is 29.6 Å². The minimum Gasteiger partial charge on any atom is -0.319 e. The lowest BCUT2D eigenvalue weighted by atomic mass is 10.2. The Kier molecular flexibility index (Phi) is 5.02. The monoisotopic (exact) mass is 416 g/mol. The number of halogens is 2. The third-order valence-electron chi connectivity index (χ3n) is 5.51. The molecule has 1 fully saturated rings. The minimum atomic E-state index is -0.968. The quantitative estimate of drug-likeness (QED) is 0.788. The molecule has 2 aliphatic heterocycles. The first-order chi connectivity index (χ1) is 14.3. The van der Waals surface area contributed by atoms with Gasteiger partial charge in [0, 0.05) is 37.3 Å². The fourth-order valence-corrected chi connectivity index (χ4v) is 3.86. The number of amides is 3. The summed E-state index contributed by atoms with van der Waals surface area (Å²) in [5.74, 6) is -2.32. The summed E-state index contributed by atoms with van der Waals surface area (Å²) in [5.41, 5.74) is 1.29. The van der Waals surface area contributed by atoms with Crippen LogP contribution < -0.4 is 5.32 Å². The van der Waals surface area contributed by atoms with Crippen LogP contribution in [0, 0.1) is 11.6 Å². The predicted molar refractivity (Wildman–Crippen MR) is 107 cm³/mol. The van der Waals surface area contributed by atoms with Crippen LogP contribution in [0.4, 0.5) is 19.4 Å². The molecule has 8 nitrogen and oxygen atoms in total. The van der Waals surface area contributed by atoms with Crippen LogP contribution in [0.1, 0.15) is 28.5 Å². The Morgan fingerprint density at radius 3 is 2.77 bits per heavy atom. The van der Waals surface area contributed by atoms with Gasteiger partial charge >= 0.3 is 6.03 Å². The fourth-order valence-electron chi connectivity index (χ4n) is 3.86. The van der Waals surface area contributed by atoms with Crippen LogP contribution in [0.2, 0.25) is 0 Å². The van der Waals surface area contributed by atoms with Gasteiger partial charge in [0.25, 0.3) is 5.91 Å². The van der Waals surface area contributed by atoms with Gasteiger partial charge in [-0.1, -0.05) is 6.58 Å². The Morgan fingerprint density at radius 1 is 1.30 bits per heavy atom. The highest BCUT2D eigenvalue weighted by Gasteiger charge is 2.37. The molecule has 0 saturated carbocycles. The van der Waals surface area contributed by atoms with E-state index in [0.717, 1.165) is 25.2 Å². The Balaban J connectivity index is 1.51. The Hall–Kier alpha value is -3.27.